The van der Waals surface area contributed by atoms with Gasteiger partial charge in [0.05, 0.1) is 39.8 Å². The Balaban J connectivity index is 1.67. The number of rotatable bonds is 9. The molecule has 0 radical (unpaired) electrons. The smallest absolute Gasteiger partial charge is 0.280 e. The van der Waals surface area contributed by atoms with Gasteiger partial charge in [-0.25, -0.2) is 5.01 Å². The van der Waals surface area contributed by atoms with Gasteiger partial charge in [0, 0.05) is 0 Å². The van der Waals surface area contributed by atoms with Gasteiger partial charge in [0.2, 0.25) is 11.7 Å². The van der Waals surface area contributed by atoms with Gasteiger partial charge in [0.25, 0.3) is 5.91 Å². The first-order valence-electron chi connectivity index (χ1n) is 11.5. The van der Waals surface area contributed by atoms with Gasteiger partial charge in [-0.1, -0.05) is 54.2 Å². The molecule has 0 saturated carbocycles. The molecule has 1 N–H and O–H groups in total. The van der Waals surface area contributed by atoms with Crippen molar-refractivity contribution in [1.29, 1.82) is 0 Å². The van der Waals surface area contributed by atoms with Gasteiger partial charge in [0.15, 0.2) is 11.5 Å². The van der Waals surface area contributed by atoms with Crippen molar-refractivity contribution in [2.75, 3.05) is 28.4 Å². The van der Waals surface area contributed by atoms with Gasteiger partial charge < -0.3 is 18.9 Å². The molecule has 1 fully saturated rings. The number of nitrogens with zero attached hydrogens (tertiary/aromatic N) is 1. The fraction of sp³-hybridized carbons (Fsp3) is 0.214. The molecule has 192 valence electrons. The molecule has 0 aromatic heterocycles. The lowest BCUT2D eigenvalue weighted by atomic mass is 10.1. The summed E-state index contributed by atoms with van der Waals surface area (Å²) < 4.78 is 21.6. The summed E-state index contributed by atoms with van der Waals surface area (Å²) in [5, 5.41) is 0.910. The Labute approximate surface area is 220 Å². The van der Waals surface area contributed by atoms with Crippen LogP contribution in [0.1, 0.15) is 22.1 Å². The number of hydrogen-bond donors (Lipinski definition) is 1. The summed E-state index contributed by atoms with van der Waals surface area (Å²) in [6.07, 6.45) is 1.90. The maximum atomic E-state index is 13.5. The molecule has 0 bridgehead atoms. The number of ether oxygens (including phenoxy) is 4. The second-order valence-electron chi connectivity index (χ2n) is 8.08. The molecule has 1 saturated heterocycles. The molecule has 8 nitrogen and oxygen atoms in total. The summed E-state index contributed by atoms with van der Waals surface area (Å²) in [7, 11) is 6.20. The highest BCUT2D eigenvalue weighted by Crippen LogP contribution is 2.46. The first-order valence-corrected chi connectivity index (χ1v) is 12.3. The number of amides is 2. The van der Waals surface area contributed by atoms with Crippen LogP contribution in [0.5, 0.6) is 23.0 Å². The Bertz CT molecular complexity index is 1270. The van der Waals surface area contributed by atoms with E-state index < -0.39 is 5.37 Å². The lowest BCUT2D eigenvalue weighted by molar-refractivity contribution is -0.137. The van der Waals surface area contributed by atoms with E-state index in [4.69, 9.17) is 18.9 Å². The molecule has 1 aliphatic heterocycles. The van der Waals surface area contributed by atoms with Crippen LogP contribution in [0, 0.1) is 0 Å². The van der Waals surface area contributed by atoms with Gasteiger partial charge in [-0.05, 0) is 47.0 Å². The van der Waals surface area contributed by atoms with Gasteiger partial charge >= 0.3 is 0 Å². The van der Waals surface area contributed by atoms with Crippen molar-refractivity contribution in [2.45, 2.75) is 11.8 Å². The van der Waals surface area contributed by atoms with Crippen molar-refractivity contribution >= 4 is 29.7 Å². The van der Waals surface area contributed by atoms with Crippen molar-refractivity contribution in [1.82, 2.24) is 10.4 Å². The number of carbonyl (C=O) groups excluding carboxylic acids is 2. The van der Waals surface area contributed by atoms with E-state index in [1.54, 1.807) is 25.3 Å². The number of thioether (sulfide) groups is 1. The van der Waals surface area contributed by atoms with Gasteiger partial charge in [-0.15, -0.1) is 0 Å². The van der Waals surface area contributed by atoms with Crippen LogP contribution in [0.2, 0.25) is 0 Å². The zero-order chi connectivity index (χ0) is 26.4. The summed E-state index contributed by atoms with van der Waals surface area (Å²) in [4.78, 5) is 26.9. The third-order valence-electron chi connectivity index (χ3n) is 5.74. The second kappa shape index (κ2) is 11.7. The normalized spacial score (nSPS) is 16.0. The number of nitrogens with one attached hydrogen (secondary N) is 1. The van der Waals surface area contributed by atoms with Gasteiger partial charge in [-0.3, -0.25) is 15.0 Å². The SMILES string of the molecule is COc1ccc(C2S/C(=C/c3cc(OC)c(OC)c(OC)c3)C(=O)N2NC(=O)Cc2ccccc2)cc1. The zero-order valence-electron chi connectivity index (χ0n) is 21.0. The van der Waals surface area contributed by atoms with E-state index in [0.717, 1.165) is 11.1 Å². The van der Waals surface area contributed by atoms with Crippen LogP contribution >= 0.6 is 11.8 Å². The molecule has 1 heterocycles. The maximum Gasteiger partial charge on any atom is 0.280 e. The summed E-state index contributed by atoms with van der Waals surface area (Å²) >= 11 is 1.34. The van der Waals surface area contributed by atoms with E-state index in [1.807, 2.05) is 54.6 Å². The molecule has 1 unspecified atom stereocenters. The highest BCUT2D eigenvalue weighted by Gasteiger charge is 2.38. The topological polar surface area (TPSA) is 86.3 Å². The van der Waals surface area contributed by atoms with Crippen LogP contribution in [0.4, 0.5) is 0 Å². The molecular weight excluding hydrogens is 492 g/mol. The standard InChI is InChI=1S/C28H28N2O6S/c1-33-21-12-10-20(11-13-21)28-30(29-25(31)17-18-8-6-5-7-9-18)27(32)24(37-28)16-19-14-22(34-2)26(36-4)23(15-19)35-3/h5-16,28H,17H2,1-4H3,(H,29,31)/b24-16+. The lowest BCUT2D eigenvalue weighted by Crippen LogP contribution is -2.44. The third-order valence-corrected chi connectivity index (χ3v) is 6.99. The Morgan fingerprint density at radius 1 is 0.919 bits per heavy atom. The molecule has 9 heteroatoms. The number of methoxy groups -OCH3 is 4. The minimum absolute atomic E-state index is 0.149. The van der Waals surface area contributed by atoms with Crippen LogP contribution < -0.4 is 24.4 Å². The van der Waals surface area contributed by atoms with E-state index in [9.17, 15) is 9.59 Å². The van der Waals surface area contributed by atoms with E-state index in [-0.39, 0.29) is 18.2 Å². The van der Waals surface area contributed by atoms with Crippen LogP contribution in [-0.4, -0.2) is 45.3 Å². The Morgan fingerprint density at radius 3 is 2.14 bits per heavy atom. The fourth-order valence-electron chi connectivity index (χ4n) is 3.93. The minimum Gasteiger partial charge on any atom is -0.497 e. The molecular formula is C28H28N2O6S. The number of carbonyl (C=O) groups is 2. The molecule has 1 aliphatic rings. The highest BCUT2D eigenvalue weighted by molar-refractivity contribution is 8.04. The van der Waals surface area contributed by atoms with E-state index in [2.05, 4.69) is 5.43 Å². The molecule has 3 aromatic carbocycles. The molecule has 0 spiro atoms. The molecule has 0 aliphatic carbocycles. The summed E-state index contributed by atoms with van der Waals surface area (Å²) in [6, 6.07) is 20.3. The minimum atomic E-state index is -0.466. The Morgan fingerprint density at radius 2 is 1.57 bits per heavy atom. The monoisotopic (exact) mass is 520 g/mol. The number of benzene rings is 3. The van der Waals surface area contributed by atoms with E-state index >= 15 is 0 Å². The predicted molar refractivity (Wildman–Crippen MR) is 143 cm³/mol. The summed E-state index contributed by atoms with van der Waals surface area (Å²) in [5.74, 6) is 1.51. The zero-order valence-corrected chi connectivity index (χ0v) is 21.8. The quantitative estimate of drug-likeness (QED) is 0.413. The Hall–Kier alpha value is -4.11. The summed E-state index contributed by atoms with van der Waals surface area (Å²) in [6.45, 7) is 0. The van der Waals surface area contributed by atoms with Crippen LogP contribution in [0.25, 0.3) is 6.08 Å². The van der Waals surface area contributed by atoms with Crippen LogP contribution in [0.15, 0.2) is 71.6 Å². The lowest BCUT2D eigenvalue weighted by Gasteiger charge is -2.24. The number of hydrazine groups is 1. The van der Waals surface area contributed by atoms with Gasteiger partial charge in [-0.2, -0.15) is 0 Å². The van der Waals surface area contributed by atoms with Crippen molar-refractivity contribution in [2.24, 2.45) is 0 Å². The molecule has 2 amide bonds. The van der Waals surface area contributed by atoms with E-state index in [1.165, 1.54) is 38.1 Å². The van der Waals surface area contributed by atoms with Crippen molar-refractivity contribution in [3.63, 3.8) is 0 Å². The van der Waals surface area contributed by atoms with Crippen molar-refractivity contribution < 1.29 is 28.5 Å². The first-order chi connectivity index (χ1) is 18.0. The van der Waals surface area contributed by atoms with Crippen LogP contribution in [0.3, 0.4) is 0 Å². The van der Waals surface area contributed by atoms with E-state index in [0.29, 0.717) is 33.5 Å². The fourth-order valence-corrected chi connectivity index (χ4v) is 5.12. The van der Waals surface area contributed by atoms with Crippen molar-refractivity contribution in [3.05, 3.63) is 88.3 Å². The summed E-state index contributed by atoms with van der Waals surface area (Å²) in [5.41, 5.74) is 5.20. The largest absolute Gasteiger partial charge is 0.497 e. The molecule has 4 rings (SSSR count). The molecule has 37 heavy (non-hydrogen) atoms. The van der Waals surface area contributed by atoms with Crippen molar-refractivity contribution in [3.8, 4) is 23.0 Å². The molecule has 3 aromatic rings. The average Bonchev–Trinajstić information content (AvgIpc) is 3.22. The maximum absolute atomic E-state index is 13.5. The average molecular weight is 521 g/mol. The van der Waals surface area contributed by atoms with Crippen LogP contribution in [-0.2, 0) is 16.0 Å². The van der Waals surface area contributed by atoms with Gasteiger partial charge in [0.1, 0.15) is 11.1 Å². The first kappa shape index (κ1) is 26.0. The predicted octanol–water partition coefficient (Wildman–Crippen LogP) is 4.61. The second-order valence-corrected chi connectivity index (χ2v) is 9.21. The molecule has 1 atom stereocenters. The Kier molecular flexibility index (Phi) is 8.25. The third kappa shape index (κ3) is 5.83. The highest BCUT2D eigenvalue weighted by atomic mass is 32.2. The number of hydrogen-bond acceptors (Lipinski definition) is 7.